The summed E-state index contributed by atoms with van der Waals surface area (Å²) in [5.74, 6) is 1.26. The Morgan fingerprint density at radius 2 is 2.00 bits per heavy atom. The first kappa shape index (κ1) is 18.5. The average molecular weight is 408 g/mol. The number of aromatic nitrogens is 1. The summed E-state index contributed by atoms with van der Waals surface area (Å²) < 4.78 is 10.6. The van der Waals surface area contributed by atoms with E-state index in [0.29, 0.717) is 26.7 Å². The second-order valence-corrected chi connectivity index (χ2v) is 6.82. The number of hydrogen-bond donors (Lipinski definition) is 1. The highest BCUT2D eigenvalue weighted by atomic mass is 35.5. The van der Waals surface area contributed by atoms with Gasteiger partial charge in [-0.25, -0.2) is 4.98 Å². The molecule has 0 unspecified atom stereocenters. The Hall–Kier alpha value is -2.28. The van der Waals surface area contributed by atoms with Gasteiger partial charge < -0.3 is 9.47 Å². The lowest BCUT2D eigenvalue weighted by Crippen LogP contribution is -1.96. The first-order valence-corrected chi connectivity index (χ1v) is 9.17. The summed E-state index contributed by atoms with van der Waals surface area (Å²) in [6.07, 6.45) is 1.65. The van der Waals surface area contributed by atoms with Crippen LogP contribution >= 0.6 is 34.5 Å². The van der Waals surface area contributed by atoms with Crippen LogP contribution in [-0.4, -0.2) is 25.4 Å². The maximum Gasteiger partial charge on any atom is 0.203 e. The van der Waals surface area contributed by atoms with Gasteiger partial charge in [-0.05, 0) is 30.3 Å². The lowest BCUT2D eigenvalue weighted by molar-refractivity contribution is 0.354. The molecule has 0 atom stereocenters. The Morgan fingerprint density at radius 1 is 1.15 bits per heavy atom. The van der Waals surface area contributed by atoms with Gasteiger partial charge in [0.15, 0.2) is 11.5 Å². The summed E-state index contributed by atoms with van der Waals surface area (Å²) in [4.78, 5) is 4.49. The monoisotopic (exact) mass is 407 g/mol. The minimum atomic E-state index is 0.555. The van der Waals surface area contributed by atoms with Crippen molar-refractivity contribution in [1.29, 1.82) is 0 Å². The van der Waals surface area contributed by atoms with Gasteiger partial charge in [0.1, 0.15) is 0 Å². The largest absolute Gasteiger partial charge is 0.493 e. The predicted molar refractivity (Wildman–Crippen MR) is 108 cm³/mol. The standard InChI is InChI=1S/C18H15Cl2N3O2S/c1-24-16-5-3-4-11(17(16)25-2)9-21-23-18-22-15(10-26-18)13-7-6-12(19)8-14(13)20/h3-10H,1-2H3,(H,22,23)/b21-9-. The Balaban J connectivity index is 1.75. The fourth-order valence-electron chi connectivity index (χ4n) is 2.32. The van der Waals surface area contributed by atoms with Crippen molar-refractivity contribution in [1.82, 2.24) is 4.98 Å². The van der Waals surface area contributed by atoms with Crippen LogP contribution in [0.25, 0.3) is 11.3 Å². The average Bonchev–Trinajstić information content (AvgIpc) is 3.10. The molecule has 0 radical (unpaired) electrons. The molecule has 0 aliphatic carbocycles. The number of halogens is 2. The molecular weight excluding hydrogens is 393 g/mol. The van der Waals surface area contributed by atoms with Crippen molar-refractivity contribution in [3.63, 3.8) is 0 Å². The van der Waals surface area contributed by atoms with Gasteiger partial charge in [-0.3, -0.25) is 5.43 Å². The molecule has 0 fully saturated rings. The molecule has 0 bridgehead atoms. The summed E-state index contributed by atoms with van der Waals surface area (Å²) in [7, 11) is 3.18. The van der Waals surface area contributed by atoms with Gasteiger partial charge in [0.25, 0.3) is 0 Å². The molecule has 0 spiro atoms. The minimum Gasteiger partial charge on any atom is -0.493 e. The number of hydrogen-bond acceptors (Lipinski definition) is 6. The van der Waals surface area contributed by atoms with Gasteiger partial charge in [-0.2, -0.15) is 5.10 Å². The predicted octanol–water partition coefficient (Wildman–Crippen LogP) is 5.58. The zero-order chi connectivity index (χ0) is 18.5. The van der Waals surface area contributed by atoms with Crippen molar-refractivity contribution < 1.29 is 9.47 Å². The quantitative estimate of drug-likeness (QED) is 0.427. The van der Waals surface area contributed by atoms with Gasteiger partial charge in [-0.15, -0.1) is 11.3 Å². The maximum atomic E-state index is 6.22. The van der Waals surface area contributed by atoms with Crippen LogP contribution in [0.15, 0.2) is 46.9 Å². The van der Waals surface area contributed by atoms with Crippen molar-refractivity contribution in [2.75, 3.05) is 19.6 Å². The Morgan fingerprint density at radius 3 is 2.73 bits per heavy atom. The molecule has 1 N–H and O–H groups in total. The number of nitrogens with one attached hydrogen (secondary N) is 1. The molecule has 5 nitrogen and oxygen atoms in total. The van der Waals surface area contributed by atoms with Gasteiger partial charge in [-0.1, -0.05) is 29.3 Å². The molecule has 3 rings (SSSR count). The van der Waals surface area contributed by atoms with Crippen LogP contribution in [-0.2, 0) is 0 Å². The van der Waals surface area contributed by atoms with E-state index < -0.39 is 0 Å². The molecule has 134 valence electrons. The lowest BCUT2D eigenvalue weighted by Gasteiger charge is -2.09. The van der Waals surface area contributed by atoms with Crippen molar-refractivity contribution in [2.24, 2.45) is 5.10 Å². The number of methoxy groups -OCH3 is 2. The Bertz CT molecular complexity index is 944. The van der Waals surface area contributed by atoms with Crippen LogP contribution in [0.4, 0.5) is 5.13 Å². The molecule has 2 aromatic carbocycles. The molecule has 26 heavy (non-hydrogen) atoms. The fraction of sp³-hybridized carbons (Fsp3) is 0.111. The number of thiazole rings is 1. The number of para-hydroxylation sites is 1. The number of benzene rings is 2. The zero-order valence-electron chi connectivity index (χ0n) is 14.0. The Kier molecular flexibility index (Phi) is 5.98. The number of hydrazone groups is 1. The van der Waals surface area contributed by atoms with E-state index >= 15 is 0 Å². The second-order valence-electron chi connectivity index (χ2n) is 5.11. The third-order valence-electron chi connectivity index (χ3n) is 3.51. The molecule has 1 aromatic heterocycles. The number of nitrogens with zero attached hydrogens (tertiary/aromatic N) is 2. The van der Waals surface area contributed by atoms with Crippen LogP contribution in [0.3, 0.4) is 0 Å². The third-order valence-corrected chi connectivity index (χ3v) is 4.80. The SMILES string of the molecule is COc1cccc(/C=N\Nc2nc(-c3ccc(Cl)cc3Cl)cs2)c1OC. The van der Waals surface area contributed by atoms with Crippen molar-refractivity contribution in [3.8, 4) is 22.8 Å². The van der Waals surface area contributed by atoms with E-state index in [1.165, 1.54) is 11.3 Å². The van der Waals surface area contributed by atoms with Crippen LogP contribution in [0.1, 0.15) is 5.56 Å². The van der Waals surface area contributed by atoms with Crippen LogP contribution in [0, 0.1) is 0 Å². The minimum absolute atomic E-state index is 0.555. The molecule has 3 aromatic rings. The number of anilines is 1. The molecule has 8 heteroatoms. The van der Waals surface area contributed by atoms with E-state index in [1.54, 1.807) is 32.6 Å². The van der Waals surface area contributed by atoms with Crippen molar-refractivity contribution in [3.05, 3.63) is 57.4 Å². The summed E-state index contributed by atoms with van der Waals surface area (Å²) in [6.45, 7) is 0. The van der Waals surface area contributed by atoms with E-state index in [4.69, 9.17) is 32.7 Å². The second kappa shape index (κ2) is 8.40. The van der Waals surface area contributed by atoms with Gasteiger partial charge in [0, 0.05) is 21.5 Å². The topological polar surface area (TPSA) is 55.7 Å². The molecule has 0 amide bonds. The van der Waals surface area contributed by atoms with Gasteiger partial charge >= 0.3 is 0 Å². The van der Waals surface area contributed by atoms with E-state index in [2.05, 4.69) is 15.5 Å². The molecule has 0 aliphatic rings. The first-order valence-electron chi connectivity index (χ1n) is 7.53. The molecule has 0 aliphatic heterocycles. The van der Waals surface area contributed by atoms with E-state index in [1.807, 2.05) is 29.6 Å². The van der Waals surface area contributed by atoms with Crippen molar-refractivity contribution in [2.45, 2.75) is 0 Å². The van der Waals surface area contributed by atoms with Crippen molar-refractivity contribution >= 4 is 45.9 Å². The maximum absolute atomic E-state index is 6.22. The molecule has 1 heterocycles. The molecular formula is C18H15Cl2N3O2S. The van der Waals surface area contributed by atoms with Gasteiger partial charge in [0.05, 0.1) is 31.2 Å². The van der Waals surface area contributed by atoms with Crippen LogP contribution < -0.4 is 14.9 Å². The number of rotatable bonds is 6. The highest BCUT2D eigenvalue weighted by Gasteiger charge is 2.09. The number of ether oxygens (including phenoxy) is 2. The van der Waals surface area contributed by atoms with E-state index in [0.717, 1.165) is 16.8 Å². The summed E-state index contributed by atoms with van der Waals surface area (Å²) in [6, 6.07) is 10.9. The smallest absolute Gasteiger partial charge is 0.203 e. The summed E-state index contributed by atoms with van der Waals surface area (Å²) in [5, 5.41) is 7.91. The molecule has 0 saturated heterocycles. The van der Waals surface area contributed by atoms with Crippen LogP contribution in [0.2, 0.25) is 10.0 Å². The van der Waals surface area contributed by atoms with Gasteiger partial charge in [0.2, 0.25) is 5.13 Å². The first-order chi connectivity index (χ1) is 12.6. The lowest BCUT2D eigenvalue weighted by atomic mass is 10.2. The Labute approximate surface area is 165 Å². The highest BCUT2D eigenvalue weighted by Crippen LogP contribution is 2.32. The fourth-order valence-corrected chi connectivity index (χ4v) is 3.48. The van der Waals surface area contributed by atoms with E-state index in [9.17, 15) is 0 Å². The molecule has 0 saturated carbocycles. The highest BCUT2D eigenvalue weighted by molar-refractivity contribution is 7.14. The van der Waals surface area contributed by atoms with E-state index in [-0.39, 0.29) is 0 Å². The van der Waals surface area contributed by atoms with Crippen LogP contribution in [0.5, 0.6) is 11.5 Å². The summed E-state index contributed by atoms with van der Waals surface area (Å²) >= 11 is 13.6. The summed E-state index contributed by atoms with van der Waals surface area (Å²) in [5.41, 5.74) is 5.28. The normalized spacial score (nSPS) is 10.9. The zero-order valence-corrected chi connectivity index (χ0v) is 16.3. The third kappa shape index (κ3) is 4.09.